The first-order valence-electron chi connectivity index (χ1n) is 6.34. The van der Waals surface area contributed by atoms with Crippen LogP contribution in [0.5, 0.6) is 0 Å². The van der Waals surface area contributed by atoms with Crippen molar-refractivity contribution in [2.45, 2.75) is 12.3 Å². The van der Waals surface area contributed by atoms with Crippen LogP contribution in [0.15, 0.2) is 54.6 Å². The number of para-hydroxylation sites is 1. The predicted molar refractivity (Wildman–Crippen MR) is 74.6 cm³/mol. The van der Waals surface area contributed by atoms with Crippen molar-refractivity contribution in [3.8, 4) is 0 Å². The van der Waals surface area contributed by atoms with Gasteiger partial charge in [-0.1, -0.05) is 42.5 Å². The number of hydrazine groups is 1. The zero-order chi connectivity index (χ0) is 16.2. The van der Waals surface area contributed by atoms with Crippen LogP contribution in [0.2, 0.25) is 0 Å². The van der Waals surface area contributed by atoms with Crippen molar-refractivity contribution in [2.24, 2.45) is 0 Å². The number of aliphatic hydroxyl groups excluding tert-OH is 1. The molecule has 0 aliphatic carbocycles. The van der Waals surface area contributed by atoms with Crippen molar-refractivity contribution in [3.05, 3.63) is 65.7 Å². The van der Waals surface area contributed by atoms with Gasteiger partial charge in [-0.25, -0.2) is 0 Å². The maximum atomic E-state index is 12.8. The number of halogens is 3. The molecule has 0 saturated carbocycles. The third kappa shape index (κ3) is 3.76. The molecule has 22 heavy (non-hydrogen) atoms. The first-order chi connectivity index (χ1) is 10.4. The van der Waals surface area contributed by atoms with Gasteiger partial charge in [0.2, 0.25) is 0 Å². The highest BCUT2D eigenvalue weighted by Crippen LogP contribution is 2.34. The summed E-state index contributed by atoms with van der Waals surface area (Å²) in [5.74, 6) is -0.858. The summed E-state index contributed by atoms with van der Waals surface area (Å²) in [7, 11) is 0. The number of anilines is 1. The van der Waals surface area contributed by atoms with Gasteiger partial charge in [0, 0.05) is 0 Å². The molecule has 0 heterocycles. The van der Waals surface area contributed by atoms with E-state index in [4.69, 9.17) is 0 Å². The number of amides is 1. The Balaban J connectivity index is 2.06. The maximum Gasteiger partial charge on any atom is 0.418 e. The molecule has 0 fully saturated rings. The molecule has 0 saturated heterocycles. The second-order valence-electron chi connectivity index (χ2n) is 4.47. The fraction of sp³-hybridized carbons (Fsp3) is 0.133. The monoisotopic (exact) mass is 310 g/mol. The van der Waals surface area contributed by atoms with Gasteiger partial charge in [-0.15, -0.1) is 0 Å². The molecule has 2 rings (SSSR count). The summed E-state index contributed by atoms with van der Waals surface area (Å²) < 4.78 is 38.4. The Kier molecular flexibility index (Phi) is 4.67. The van der Waals surface area contributed by atoms with Crippen LogP contribution in [0, 0.1) is 0 Å². The lowest BCUT2D eigenvalue weighted by molar-refractivity contribution is -0.137. The van der Waals surface area contributed by atoms with E-state index in [0.717, 1.165) is 6.07 Å². The Morgan fingerprint density at radius 1 is 1.00 bits per heavy atom. The molecule has 0 aliphatic heterocycles. The summed E-state index contributed by atoms with van der Waals surface area (Å²) in [6.45, 7) is 0. The quantitative estimate of drug-likeness (QED) is 0.761. The van der Waals surface area contributed by atoms with Crippen LogP contribution in [0.3, 0.4) is 0 Å². The van der Waals surface area contributed by atoms with E-state index >= 15 is 0 Å². The van der Waals surface area contributed by atoms with Gasteiger partial charge in [0.1, 0.15) is 0 Å². The molecule has 2 aromatic rings. The van der Waals surface area contributed by atoms with E-state index in [9.17, 15) is 23.1 Å². The number of carbonyl (C=O) groups is 1. The van der Waals surface area contributed by atoms with E-state index in [1.807, 2.05) is 0 Å². The van der Waals surface area contributed by atoms with E-state index < -0.39 is 23.8 Å². The number of alkyl halides is 3. The zero-order valence-corrected chi connectivity index (χ0v) is 11.3. The minimum Gasteiger partial charge on any atom is -0.378 e. The highest BCUT2D eigenvalue weighted by molar-refractivity contribution is 5.83. The Hall–Kier alpha value is -2.54. The van der Waals surface area contributed by atoms with Gasteiger partial charge in [-0.05, 0) is 17.7 Å². The van der Waals surface area contributed by atoms with E-state index in [-0.39, 0.29) is 5.69 Å². The van der Waals surface area contributed by atoms with Crippen LogP contribution in [0.1, 0.15) is 17.2 Å². The van der Waals surface area contributed by atoms with Crippen molar-refractivity contribution >= 4 is 11.6 Å². The number of aliphatic hydroxyl groups is 1. The lowest BCUT2D eigenvalue weighted by Gasteiger charge is -2.16. The maximum absolute atomic E-state index is 12.8. The fourth-order valence-electron chi connectivity index (χ4n) is 1.82. The fourth-order valence-corrected chi connectivity index (χ4v) is 1.82. The minimum atomic E-state index is -4.55. The molecular formula is C15H13F3N2O2. The molecule has 0 aliphatic rings. The highest BCUT2D eigenvalue weighted by atomic mass is 19.4. The average Bonchev–Trinajstić information content (AvgIpc) is 2.52. The third-order valence-corrected chi connectivity index (χ3v) is 2.92. The smallest absolute Gasteiger partial charge is 0.378 e. The van der Waals surface area contributed by atoms with Crippen LogP contribution < -0.4 is 10.9 Å². The molecule has 0 bridgehead atoms. The van der Waals surface area contributed by atoms with E-state index in [2.05, 4.69) is 10.9 Å². The number of hydrogen-bond donors (Lipinski definition) is 3. The van der Waals surface area contributed by atoms with Crippen LogP contribution in [0.25, 0.3) is 0 Å². The van der Waals surface area contributed by atoms with Gasteiger partial charge in [-0.3, -0.25) is 15.6 Å². The normalized spacial score (nSPS) is 12.5. The summed E-state index contributed by atoms with van der Waals surface area (Å²) in [5, 5.41) is 9.82. The van der Waals surface area contributed by atoms with Crippen LogP contribution in [-0.4, -0.2) is 11.0 Å². The summed E-state index contributed by atoms with van der Waals surface area (Å²) in [6.07, 6.45) is -6.03. The first kappa shape index (κ1) is 15.8. The van der Waals surface area contributed by atoms with Gasteiger partial charge < -0.3 is 5.11 Å². The topological polar surface area (TPSA) is 61.4 Å². The van der Waals surface area contributed by atoms with Crippen molar-refractivity contribution < 1.29 is 23.1 Å². The Bertz CT molecular complexity index is 645. The van der Waals surface area contributed by atoms with E-state index in [1.165, 1.54) is 30.3 Å². The molecule has 116 valence electrons. The van der Waals surface area contributed by atoms with Crippen LogP contribution >= 0.6 is 0 Å². The predicted octanol–water partition coefficient (Wildman–Crippen LogP) is 2.88. The Morgan fingerprint density at radius 2 is 1.59 bits per heavy atom. The molecule has 0 radical (unpaired) electrons. The van der Waals surface area contributed by atoms with Gasteiger partial charge in [0.05, 0.1) is 11.3 Å². The molecule has 2 aromatic carbocycles. The lowest BCUT2D eigenvalue weighted by atomic mass is 10.1. The number of carbonyl (C=O) groups excluding carboxylic acids is 1. The summed E-state index contributed by atoms with van der Waals surface area (Å²) >= 11 is 0. The van der Waals surface area contributed by atoms with E-state index in [0.29, 0.717) is 5.56 Å². The average molecular weight is 310 g/mol. The zero-order valence-electron chi connectivity index (χ0n) is 11.3. The van der Waals surface area contributed by atoms with Gasteiger partial charge in [0.15, 0.2) is 6.10 Å². The van der Waals surface area contributed by atoms with Crippen molar-refractivity contribution in [1.29, 1.82) is 0 Å². The lowest BCUT2D eigenvalue weighted by Crippen LogP contribution is -2.34. The van der Waals surface area contributed by atoms with Crippen molar-refractivity contribution in [3.63, 3.8) is 0 Å². The largest absolute Gasteiger partial charge is 0.418 e. The molecule has 1 atom stereocenters. The highest BCUT2D eigenvalue weighted by Gasteiger charge is 2.33. The molecular weight excluding hydrogens is 297 g/mol. The number of hydrogen-bond acceptors (Lipinski definition) is 3. The van der Waals surface area contributed by atoms with Crippen molar-refractivity contribution in [1.82, 2.24) is 5.43 Å². The molecule has 1 amide bonds. The molecule has 3 N–H and O–H groups in total. The third-order valence-electron chi connectivity index (χ3n) is 2.92. The Labute approximate surface area is 124 Å². The van der Waals surface area contributed by atoms with Crippen LogP contribution in [-0.2, 0) is 11.0 Å². The van der Waals surface area contributed by atoms with Gasteiger partial charge >= 0.3 is 6.18 Å². The number of benzene rings is 2. The molecule has 0 spiro atoms. The van der Waals surface area contributed by atoms with Gasteiger partial charge in [0.25, 0.3) is 5.91 Å². The second-order valence-corrected chi connectivity index (χ2v) is 4.47. The Morgan fingerprint density at radius 3 is 2.23 bits per heavy atom. The molecule has 1 unspecified atom stereocenters. The standard InChI is InChI=1S/C15H13F3N2O2/c16-15(17,18)11-8-4-5-9-12(11)19-20-14(22)13(21)10-6-2-1-3-7-10/h1-9,13,19,21H,(H,20,22). The van der Waals surface area contributed by atoms with Gasteiger partial charge in [-0.2, -0.15) is 13.2 Å². The molecule has 0 aromatic heterocycles. The van der Waals surface area contributed by atoms with Crippen molar-refractivity contribution in [2.75, 3.05) is 5.43 Å². The first-order valence-corrected chi connectivity index (χ1v) is 6.34. The number of rotatable bonds is 4. The summed E-state index contributed by atoms with van der Waals surface area (Å²) in [4.78, 5) is 11.8. The second kappa shape index (κ2) is 6.48. The molecule has 4 nitrogen and oxygen atoms in total. The summed E-state index contributed by atoms with van der Waals surface area (Å²) in [5.41, 5.74) is 3.39. The molecule has 7 heteroatoms. The SMILES string of the molecule is O=C(NNc1ccccc1C(F)(F)F)C(O)c1ccccc1. The van der Waals surface area contributed by atoms with Crippen LogP contribution in [0.4, 0.5) is 18.9 Å². The summed E-state index contributed by atoms with van der Waals surface area (Å²) in [6, 6.07) is 12.8. The number of nitrogens with one attached hydrogen (secondary N) is 2. The minimum absolute atomic E-state index is 0.302. The van der Waals surface area contributed by atoms with E-state index in [1.54, 1.807) is 18.2 Å².